The van der Waals surface area contributed by atoms with Gasteiger partial charge in [0, 0.05) is 36.5 Å². The van der Waals surface area contributed by atoms with Crippen LogP contribution in [0.15, 0.2) is 41.1 Å². The Kier molecular flexibility index (Phi) is 9.22. The fraction of sp³-hybridized carbons (Fsp3) is 0.458. The van der Waals surface area contributed by atoms with Crippen LogP contribution in [-0.2, 0) is 20.9 Å². The SMILES string of the molecule is O=C(CCCNC(=O)c1ccsc1)OCC(=O)N(Cc1ccc(F)cc1)C1CCCCC1. The molecule has 2 amide bonds. The van der Waals surface area contributed by atoms with E-state index in [2.05, 4.69) is 5.32 Å². The summed E-state index contributed by atoms with van der Waals surface area (Å²) in [5.41, 5.74) is 1.45. The van der Waals surface area contributed by atoms with Crippen molar-refractivity contribution in [2.45, 2.75) is 57.5 Å². The van der Waals surface area contributed by atoms with Gasteiger partial charge in [-0.25, -0.2) is 4.39 Å². The Morgan fingerprint density at radius 1 is 1.09 bits per heavy atom. The van der Waals surface area contributed by atoms with Crippen LogP contribution >= 0.6 is 11.3 Å². The van der Waals surface area contributed by atoms with E-state index in [4.69, 9.17) is 4.74 Å². The van der Waals surface area contributed by atoms with Gasteiger partial charge in [0.25, 0.3) is 11.8 Å². The zero-order chi connectivity index (χ0) is 22.8. The number of nitrogens with one attached hydrogen (secondary N) is 1. The zero-order valence-corrected chi connectivity index (χ0v) is 18.9. The molecule has 0 atom stereocenters. The Morgan fingerprint density at radius 2 is 1.84 bits per heavy atom. The number of carbonyl (C=O) groups excluding carboxylic acids is 3. The Balaban J connectivity index is 1.44. The summed E-state index contributed by atoms with van der Waals surface area (Å²) in [7, 11) is 0. The molecule has 2 aromatic rings. The molecule has 0 unspecified atom stereocenters. The number of rotatable bonds is 10. The quantitative estimate of drug-likeness (QED) is 0.424. The van der Waals surface area contributed by atoms with Gasteiger partial charge in [0.05, 0.1) is 0 Å². The van der Waals surface area contributed by atoms with Gasteiger partial charge in [-0.15, -0.1) is 0 Å². The zero-order valence-electron chi connectivity index (χ0n) is 18.1. The largest absolute Gasteiger partial charge is 0.456 e. The maximum atomic E-state index is 13.2. The predicted molar refractivity (Wildman–Crippen MR) is 121 cm³/mol. The molecule has 1 aromatic heterocycles. The van der Waals surface area contributed by atoms with Crippen molar-refractivity contribution in [3.63, 3.8) is 0 Å². The van der Waals surface area contributed by atoms with Gasteiger partial charge in [-0.1, -0.05) is 31.4 Å². The highest BCUT2D eigenvalue weighted by molar-refractivity contribution is 7.08. The minimum Gasteiger partial charge on any atom is -0.456 e. The Hall–Kier alpha value is -2.74. The summed E-state index contributed by atoms with van der Waals surface area (Å²) in [4.78, 5) is 38.6. The molecular formula is C24H29FN2O4S. The predicted octanol–water partition coefficient (Wildman–Crippen LogP) is 4.30. The first-order valence-electron chi connectivity index (χ1n) is 11.0. The van der Waals surface area contributed by atoms with Gasteiger partial charge in [-0.05, 0) is 48.4 Å². The van der Waals surface area contributed by atoms with Crippen molar-refractivity contribution in [2.24, 2.45) is 0 Å². The summed E-state index contributed by atoms with van der Waals surface area (Å²) < 4.78 is 18.4. The van der Waals surface area contributed by atoms with Gasteiger partial charge in [-0.3, -0.25) is 14.4 Å². The third-order valence-electron chi connectivity index (χ3n) is 5.59. The van der Waals surface area contributed by atoms with E-state index >= 15 is 0 Å². The monoisotopic (exact) mass is 460 g/mol. The minimum absolute atomic E-state index is 0.104. The molecule has 8 heteroatoms. The molecule has 3 rings (SSSR count). The Bertz CT molecular complexity index is 880. The standard InChI is InChI=1S/C24H29FN2O4S/c25-20-10-8-18(9-11-20)15-27(21-5-2-1-3-6-21)22(28)16-31-23(29)7-4-13-26-24(30)19-12-14-32-17-19/h8-12,14,17,21H,1-7,13,15-16H2,(H,26,30). The first-order chi connectivity index (χ1) is 15.5. The second kappa shape index (κ2) is 12.3. The van der Waals surface area contributed by atoms with Crippen LogP contribution in [0.5, 0.6) is 0 Å². The molecule has 1 heterocycles. The first-order valence-corrected chi connectivity index (χ1v) is 12.0. The molecule has 0 spiro atoms. The summed E-state index contributed by atoms with van der Waals surface area (Å²) in [5.74, 6) is -1.18. The molecule has 1 aliphatic carbocycles. The van der Waals surface area contributed by atoms with Crippen LogP contribution in [0.3, 0.4) is 0 Å². The lowest BCUT2D eigenvalue weighted by molar-refractivity contribution is -0.153. The highest BCUT2D eigenvalue weighted by Crippen LogP contribution is 2.24. The number of ether oxygens (including phenoxy) is 1. The maximum absolute atomic E-state index is 13.2. The molecule has 0 radical (unpaired) electrons. The third kappa shape index (κ3) is 7.44. The van der Waals surface area contributed by atoms with Crippen LogP contribution in [0.2, 0.25) is 0 Å². The Labute approximate surface area is 191 Å². The minimum atomic E-state index is -0.464. The fourth-order valence-corrected chi connectivity index (χ4v) is 4.46. The first kappa shape index (κ1) is 23.9. The van der Waals surface area contributed by atoms with Crippen LogP contribution in [0, 0.1) is 5.82 Å². The van der Waals surface area contributed by atoms with Crippen molar-refractivity contribution in [1.82, 2.24) is 10.2 Å². The molecule has 1 fully saturated rings. The number of thiophene rings is 1. The lowest BCUT2D eigenvalue weighted by Crippen LogP contribution is -2.43. The van der Waals surface area contributed by atoms with E-state index in [1.165, 1.54) is 23.5 Å². The molecule has 172 valence electrons. The van der Waals surface area contributed by atoms with Gasteiger partial charge in [0.2, 0.25) is 0 Å². The molecule has 6 nitrogen and oxygen atoms in total. The molecule has 0 aliphatic heterocycles. The summed E-state index contributed by atoms with van der Waals surface area (Å²) in [5, 5.41) is 6.35. The molecule has 1 aromatic carbocycles. The van der Waals surface area contributed by atoms with E-state index < -0.39 is 5.97 Å². The molecule has 0 saturated heterocycles. The van der Waals surface area contributed by atoms with E-state index in [9.17, 15) is 18.8 Å². The molecule has 0 bridgehead atoms. The van der Waals surface area contributed by atoms with Crippen LogP contribution in [0.25, 0.3) is 0 Å². The van der Waals surface area contributed by atoms with Crippen molar-refractivity contribution in [3.8, 4) is 0 Å². The van der Waals surface area contributed by atoms with Gasteiger partial charge in [0.1, 0.15) is 5.82 Å². The lowest BCUT2D eigenvalue weighted by Gasteiger charge is -2.34. The number of hydrogen-bond acceptors (Lipinski definition) is 5. The van der Waals surface area contributed by atoms with E-state index in [1.54, 1.807) is 28.5 Å². The van der Waals surface area contributed by atoms with Crippen molar-refractivity contribution in [2.75, 3.05) is 13.2 Å². The second-order valence-electron chi connectivity index (χ2n) is 7.97. The van der Waals surface area contributed by atoms with Gasteiger partial charge < -0.3 is 15.0 Å². The molecular weight excluding hydrogens is 431 g/mol. The number of esters is 1. The van der Waals surface area contributed by atoms with Crippen LogP contribution < -0.4 is 5.32 Å². The summed E-state index contributed by atoms with van der Waals surface area (Å²) in [6.07, 6.45) is 5.69. The van der Waals surface area contributed by atoms with E-state index in [1.807, 2.05) is 5.38 Å². The smallest absolute Gasteiger partial charge is 0.306 e. The average molecular weight is 461 g/mol. The average Bonchev–Trinajstić information content (AvgIpc) is 3.35. The van der Waals surface area contributed by atoms with E-state index in [0.29, 0.717) is 25.1 Å². The molecule has 1 saturated carbocycles. The van der Waals surface area contributed by atoms with Gasteiger partial charge in [-0.2, -0.15) is 11.3 Å². The normalized spacial score (nSPS) is 14.0. The number of carbonyl (C=O) groups is 3. The topological polar surface area (TPSA) is 75.7 Å². The fourth-order valence-electron chi connectivity index (χ4n) is 3.83. The van der Waals surface area contributed by atoms with Crippen molar-refractivity contribution >= 4 is 29.1 Å². The van der Waals surface area contributed by atoms with Crippen LogP contribution in [0.1, 0.15) is 60.9 Å². The van der Waals surface area contributed by atoms with E-state index in [-0.39, 0.29) is 36.7 Å². The number of nitrogens with zero attached hydrogens (tertiary/aromatic N) is 1. The van der Waals surface area contributed by atoms with Crippen molar-refractivity contribution < 1.29 is 23.5 Å². The number of hydrogen-bond donors (Lipinski definition) is 1. The Morgan fingerprint density at radius 3 is 2.53 bits per heavy atom. The molecule has 1 N–H and O–H groups in total. The summed E-state index contributed by atoms with van der Waals surface area (Å²) >= 11 is 1.45. The molecule has 1 aliphatic rings. The van der Waals surface area contributed by atoms with Crippen molar-refractivity contribution in [1.29, 1.82) is 0 Å². The van der Waals surface area contributed by atoms with Crippen LogP contribution in [0.4, 0.5) is 4.39 Å². The van der Waals surface area contributed by atoms with Gasteiger partial charge >= 0.3 is 5.97 Å². The van der Waals surface area contributed by atoms with Crippen molar-refractivity contribution in [3.05, 3.63) is 58.0 Å². The highest BCUT2D eigenvalue weighted by atomic mass is 32.1. The number of amides is 2. The summed E-state index contributed by atoms with van der Waals surface area (Å²) in [6.45, 7) is 0.421. The highest BCUT2D eigenvalue weighted by Gasteiger charge is 2.26. The van der Waals surface area contributed by atoms with E-state index in [0.717, 1.165) is 37.7 Å². The number of benzene rings is 1. The summed E-state index contributed by atoms with van der Waals surface area (Å²) in [6, 6.07) is 7.96. The number of halogens is 1. The third-order valence-corrected chi connectivity index (χ3v) is 6.27. The molecule has 32 heavy (non-hydrogen) atoms. The maximum Gasteiger partial charge on any atom is 0.306 e. The van der Waals surface area contributed by atoms with Gasteiger partial charge in [0.15, 0.2) is 6.61 Å². The lowest BCUT2D eigenvalue weighted by atomic mass is 9.93. The second-order valence-corrected chi connectivity index (χ2v) is 8.75. The van der Waals surface area contributed by atoms with Crippen LogP contribution in [-0.4, -0.2) is 41.9 Å².